The van der Waals surface area contributed by atoms with Crippen molar-refractivity contribution in [1.29, 1.82) is 0 Å². The highest BCUT2D eigenvalue weighted by atomic mass is 35.5. The number of carbonyl (C=O) groups is 2. The van der Waals surface area contributed by atoms with E-state index in [0.717, 1.165) is 23.2 Å². The van der Waals surface area contributed by atoms with Crippen molar-refractivity contribution in [1.82, 2.24) is 0 Å². The van der Waals surface area contributed by atoms with Crippen LogP contribution < -0.4 is 10.2 Å². The molecule has 0 bridgehead atoms. The van der Waals surface area contributed by atoms with Crippen LogP contribution >= 0.6 is 11.6 Å². The van der Waals surface area contributed by atoms with Crippen molar-refractivity contribution >= 4 is 45.6 Å². The van der Waals surface area contributed by atoms with E-state index < -0.39 is 10.8 Å². The molecule has 1 heterocycles. The number of amides is 2. The molecule has 1 aliphatic rings. The first-order valence-electron chi connectivity index (χ1n) is 8.72. The van der Waals surface area contributed by atoms with Crippen molar-refractivity contribution in [3.63, 3.8) is 0 Å². The molecule has 0 aromatic heterocycles. The number of hydrogen-bond donors (Lipinski definition) is 1. The molecule has 0 saturated carbocycles. The Labute approximate surface area is 166 Å². The smallest absolute Gasteiger partial charge is 0.255 e. The topological polar surface area (TPSA) is 66.5 Å². The van der Waals surface area contributed by atoms with Crippen molar-refractivity contribution in [3.8, 4) is 0 Å². The minimum atomic E-state index is -0.976. The monoisotopic (exact) mass is 404 g/mol. The molecule has 1 atom stereocenters. The largest absolute Gasteiger partial charge is 0.321 e. The quantitative estimate of drug-likeness (QED) is 0.824. The predicted molar refractivity (Wildman–Crippen MR) is 110 cm³/mol. The SMILES string of the molecule is CCC(=O)N1CCc2cc(C(=O)Nc3cc(CS(C)=O)ccc3Cl)ccc21. The highest BCUT2D eigenvalue weighted by Crippen LogP contribution is 2.30. The first-order valence-corrected chi connectivity index (χ1v) is 10.8. The zero-order valence-corrected chi connectivity index (χ0v) is 16.8. The van der Waals surface area contributed by atoms with E-state index in [9.17, 15) is 13.8 Å². The molecule has 0 fully saturated rings. The van der Waals surface area contributed by atoms with Crippen molar-refractivity contribution in [2.24, 2.45) is 0 Å². The van der Waals surface area contributed by atoms with Gasteiger partial charge in [0, 0.05) is 47.0 Å². The molecule has 0 spiro atoms. The number of carbonyl (C=O) groups excluding carboxylic acids is 2. The van der Waals surface area contributed by atoms with Gasteiger partial charge in [0.15, 0.2) is 0 Å². The highest BCUT2D eigenvalue weighted by Gasteiger charge is 2.24. The lowest BCUT2D eigenvalue weighted by Crippen LogP contribution is -2.27. The van der Waals surface area contributed by atoms with Gasteiger partial charge < -0.3 is 10.2 Å². The van der Waals surface area contributed by atoms with Crippen molar-refractivity contribution in [2.75, 3.05) is 23.0 Å². The Kier molecular flexibility index (Phi) is 5.97. The lowest BCUT2D eigenvalue weighted by Gasteiger charge is -2.16. The molecule has 2 aromatic carbocycles. The maximum atomic E-state index is 12.7. The Bertz CT molecular complexity index is 929. The van der Waals surface area contributed by atoms with Crippen LogP contribution in [-0.2, 0) is 27.8 Å². The number of halogens is 1. The van der Waals surface area contributed by atoms with Gasteiger partial charge in [0.25, 0.3) is 5.91 Å². The fraction of sp³-hybridized carbons (Fsp3) is 0.300. The van der Waals surface area contributed by atoms with E-state index in [4.69, 9.17) is 11.6 Å². The van der Waals surface area contributed by atoms with Gasteiger partial charge in [-0.1, -0.05) is 24.6 Å². The van der Waals surface area contributed by atoms with Gasteiger partial charge in [-0.2, -0.15) is 0 Å². The molecule has 142 valence electrons. The van der Waals surface area contributed by atoms with Crippen LogP contribution in [0.2, 0.25) is 5.02 Å². The molecule has 0 saturated heterocycles. The first-order chi connectivity index (χ1) is 12.9. The summed E-state index contributed by atoms with van der Waals surface area (Å²) in [4.78, 5) is 26.4. The number of hydrogen-bond acceptors (Lipinski definition) is 3. The van der Waals surface area contributed by atoms with Crippen LogP contribution in [0.15, 0.2) is 36.4 Å². The number of nitrogens with zero attached hydrogens (tertiary/aromatic N) is 1. The molecule has 1 aliphatic heterocycles. The molecule has 0 radical (unpaired) electrons. The van der Waals surface area contributed by atoms with E-state index in [2.05, 4.69) is 5.32 Å². The van der Waals surface area contributed by atoms with Gasteiger partial charge in [-0.25, -0.2) is 0 Å². The first kappa shape index (κ1) is 19.6. The van der Waals surface area contributed by atoms with Gasteiger partial charge in [0.2, 0.25) is 5.91 Å². The maximum absolute atomic E-state index is 12.7. The fourth-order valence-corrected chi connectivity index (χ4v) is 3.99. The number of rotatable bonds is 5. The van der Waals surface area contributed by atoms with E-state index >= 15 is 0 Å². The Hall–Kier alpha value is -2.18. The Morgan fingerprint density at radius 3 is 2.70 bits per heavy atom. The predicted octanol–water partition coefficient (Wildman–Crippen LogP) is 3.77. The summed E-state index contributed by atoms with van der Waals surface area (Å²) in [7, 11) is -0.976. The molecule has 5 nitrogen and oxygen atoms in total. The van der Waals surface area contributed by atoms with Gasteiger partial charge in [0.05, 0.1) is 10.7 Å². The summed E-state index contributed by atoms with van der Waals surface area (Å²) in [6.45, 7) is 2.49. The van der Waals surface area contributed by atoms with Crippen LogP contribution in [0, 0.1) is 0 Å². The van der Waals surface area contributed by atoms with Crippen LogP contribution in [0.25, 0.3) is 0 Å². The van der Waals surface area contributed by atoms with Crippen molar-refractivity contribution in [3.05, 3.63) is 58.1 Å². The number of benzene rings is 2. The van der Waals surface area contributed by atoms with Crippen LogP contribution in [0.1, 0.15) is 34.8 Å². The molecule has 7 heteroatoms. The molecule has 2 aromatic rings. The highest BCUT2D eigenvalue weighted by molar-refractivity contribution is 7.83. The maximum Gasteiger partial charge on any atom is 0.255 e. The van der Waals surface area contributed by atoms with Gasteiger partial charge in [-0.05, 0) is 47.9 Å². The summed E-state index contributed by atoms with van der Waals surface area (Å²) < 4.78 is 11.4. The number of anilines is 2. The van der Waals surface area contributed by atoms with E-state index in [1.54, 1.807) is 35.4 Å². The van der Waals surface area contributed by atoms with E-state index in [1.165, 1.54) is 0 Å². The van der Waals surface area contributed by atoms with Gasteiger partial charge in [-0.15, -0.1) is 0 Å². The fourth-order valence-electron chi connectivity index (χ4n) is 3.18. The summed E-state index contributed by atoms with van der Waals surface area (Å²) in [5.74, 6) is 0.220. The second-order valence-electron chi connectivity index (χ2n) is 6.48. The summed E-state index contributed by atoms with van der Waals surface area (Å²) in [5.41, 5.74) is 3.72. The van der Waals surface area contributed by atoms with E-state index in [1.807, 2.05) is 19.1 Å². The zero-order chi connectivity index (χ0) is 19.6. The summed E-state index contributed by atoms with van der Waals surface area (Å²) in [5, 5.41) is 3.25. The van der Waals surface area contributed by atoms with Crippen LogP contribution in [0.5, 0.6) is 0 Å². The lowest BCUT2D eigenvalue weighted by molar-refractivity contribution is -0.118. The van der Waals surface area contributed by atoms with Crippen molar-refractivity contribution < 1.29 is 13.8 Å². The molecule has 3 rings (SSSR count). The van der Waals surface area contributed by atoms with Gasteiger partial charge >= 0.3 is 0 Å². The molecular formula is C20H21ClN2O3S. The Balaban J connectivity index is 1.80. The Morgan fingerprint density at radius 1 is 1.22 bits per heavy atom. The zero-order valence-electron chi connectivity index (χ0n) is 15.3. The minimum absolute atomic E-state index is 0.0860. The third kappa shape index (κ3) is 4.39. The van der Waals surface area contributed by atoms with Crippen LogP contribution in [0.3, 0.4) is 0 Å². The standard InChI is InChI=1S/C20H21ClN2O3S/c1-3-19(24)23-9-8-14-11-15(5-7-18(14)23)20(25)22-17-10-13(12-27(2)26)4-6-16(17)21/h4-7,10-11H,3,8-9,12H2,1-2H3,(H,22,25). The average Bonchev–Trinajstić information content (AvgIpc) is 3.06. The van der Waals surface area contributed by atoms with Crippen LogP contribution in [0.4, 0.5) is 11.4 Å². The second-order valence-corrected chi connectivity index (χ2v) is 8.32. The minimum Gasteiger partial charge on any atom is -0.321 e. The molecule has 2 amide bonds. The van der Waals surface area contributed by atoms with Gasteiger partial charge in [0.1, 0.15) is 0 Å². The lowest BCUT2D eigenvalue weighted by atomic mass is 10.1. The second kappa shape index (κ2) is 8.23. The molecule has 0 aliphatic carbocycles. The summed E-state index contributed by atoms with van der Waals surface area (Å²) in [6, 6.07) is 10.6. The average molecular weight is 405 g/mol. The van der Waals surface area contributed by atoms with E-state index in [0.29, 0.717) is 35.0 Å². The van der Waals surface area contributed by atoms with E-state index in [-0.39, 0.29) is 11.8 Å². The number of fused-ring (bicyclic) bond motifs is 1. The molecule has 27 heavy (non-hydrogen) atoms. The molecule has 1 unspecified atom stereocenters. The summed E-state index contributed by atoms with van der Waals surface area (Å²) in [6.07, 6.45) is 2.82. The molecular weight excluding hydrogens is 384 g/mol. The third-order valence-corrected chi connectivity index (χ3v) is 5.56. The summed E-state index contributed by atoms with van der Waals surface area (Å²) >= 11 is 6.19. The third-order valence-electron chi connectivity index (χ3n) is 4.49. The Morgan fingerprint density at radius 2 is 2.00 bits per heavy atom. The van der Waals surface area contributed by atoms with Crippen LogP contribution in [-0.4, -0.2) is 28.8 Å². The number of nitrogens with one attached hydrogen (secondary N) is 1. The normalized spacial score (nSPS) is 14.0. The molecule has 1 N–H and O–H groups in total. The van der Waals surface area contributed by atoms with Crippen molar-refractivity contribution in [2.45, 2.75) is 25.5 Å². The van der Waals surface area contributed by atoms with Gasteiger partial charge in [-0.3, -0.25) is 13.8 Å².